The zero-order valence-corrected chi connectivity index (χ0v) is 19.5. The summed E-state index contributed by atoms with van der Waals surface area (Å²) < 4.78 is 1.69. The van der Waals surface area contributed by atoms with Crippen molar-refractivity contribution in [2.24, 2.45) is 0 Å². The predicted molar refractivity (Wildman–Crippen MR) is 129 cm³/mol. The lowest BCUT2D eigenvalue weighted by Gasteiger charge is -2.23. The van der Waals surface area contributed by atoms with Gasteiger partial charge in [-0.15, -0.1) is 5.10 Å². The van der Waals surface area contributed by atoms with Crippen LogP contribution in [0.4, 0.5) is 0 Å². The maximum Gasteiger partial charge on any atom is 0.274 e. The summed E-state index contributed by atoms with van der Waals surface area (Å²) in [5.74, 6) is -0.189. The van der Waals surface area contributed by atoms with Gasteiger partial charge in [0.2, 0.25) is 0 Å². The molecule has 2 amide bonds. The van der Waals surface area contributed by atoms with Crippen molar-refractivity contribution >= 4 is 11.8 Å². The third-order valence-electron chi connectivity index (χ3n) is 5.56. The topological polar surface area (TPSA) is 113 Å². The number of nitrogens with one attached hydrogen (secondary N) is 1. The van der Waals surface area contributed by atoms with Gasteiger partial charge in [-0.2, -0.15) is 0 Å². The van der Waals surface area contributed by atoms with Crippen molar-refractivity contribution in [2.45, 2.75) is 33.5 Å². The summed E-state index contributed by atoms with van der Waals surface area (Å²) in [4.78, 5) is 27.0. The molecule has 3 aromatic carbocycles. The Labute approximate surface area is 203 Å². The zero-order valence-electron chi connectivity index (χ0n) is 19.5. The van der Waals surface area contributed by atoms with Crippen LogP contribution in [-0.4, -0.2) is 42.1 Å². The van der Waals surface area contributed by atoms with Gasteiger partial charge in [0.05, 0.1) is 13.1 Å². The van der Waals surface area contributed by atoms with Gasteiger partial charge in [-0.1, -0.05) is 59.7 Å². The van der Waals surface area contributed by atoms with E-state index in [1.165, 1.54) is 0 Å². The summed E-state index contributed by atoms with van der Waals surface area (Å²) in [6.07, 6.45) is 0. The van der Waals surface area contributed by atoms with Crippen molar-refractivity contribution in [3.8, 4) is 0 Å². The number of hydrogen-bond acceptors (Lipinski definition) is 6. The summed E-state index contributed by atoms with van der Waals surface area (Å²) in [6.45, 7) is 4.88. The second-order valence-corrected chi connectivity index (χ2v) is 8.41. The van der Waals surface area contributed by atoms with Gasteiger partial charge in [-0.05, 0) is 59.7 Å². The molecule has 0 aliphatic rings. The minimum absolute atomic E-state index is 0.150. The highest BCUT2D eigenvalue weighted by Crippen LogP contribution is 2.17. The smallest absolute Gasteiger partial charge is 0.274 e. The minimum atomic E-state index is -0.597. The van der Waals surface area contributed by atoms with Crippen LogP contribution in [0.1, 0.15) is 48.8 Å². The molecule has 0 bridgehead atoms. The van der Waals surface area contributed by atoms with E-state index in [1.807, 2.05) is 62.4 Å². The molecule has 4 rings (SSSR count). The standard InChI is InChI=1S/C26H26N6O3/c1-18-12-19(2)14-23(13-18)26(34)31(15-21-8-10-22(11-9-21)25(33)28-35)17-24-27-29-30-32(24)16-20-6-4-3-5-7-20/h3-14,35H,15-17H2,1-2H3,(H,28,33). The SMILES string of the molecule is Cc1cc(C)cc(C(=O)N(Cc2ccc(C(=O)NO)cc2)Cc2nnnn2Cc2ccccc2)c1. The van der Waals surface area contributed by atoms with Gasteiger partial charge in [-0.25, -0.2) is 10.2 Å². The van der Waals surface area contributed by atoms with E-state index in [1.54, 1.807) is 39.3 Å². The first-order valence-electron chi connectivity index (χ1n) is 11.1. The number of carbonyl (C=O) groups is 2. The fourth-order valence-electron chi connectivity index (χ4n) is 3.91. The maximum atomic E-state index is 13.6. The van der Waals surface area contributed by atoms with Gasteiger partial charge in [0.1, 0.15) is 0 Å². The van der Waals surface area contributed by atoms with Gasteiger partial charge in [-0.3, -0.25) is 14.8 Å². The number of aromatic nitrogens is 4. The van der Waals surface area contributed by atoms with Crippen molar-refractivity contribution in [1.29, 1.82) is 0 Å². The Hall–Kier alpha value is -4.37. The highest BCUT2D eigenvalue weighted by atomic mass is 16.5. The lowest BCUT2D eigenvalue weighted by atomic mass is 10.1. The molecule has 4 aromatic rings. The molecule has 1 aromatic heterocycles. The van der Waals surface area contributed by atoms with Crippen LogP contribution in [0.25, 0.3) is 0 Å². The number of benzene rings is 3. The van der Waals surface area contributed by atoms with Crippen molar-refractivity contribution in [1.82, 2.24) is 30.6 Å². The fourth-order valence-corrected chi connectivity index (χ4v) is 3.91. The Morgan fingerprint density at radius 1 is 0.886 bits per heavy atom. The maximum absolute atomic E-state index is 13.6. The first-order valence-corrected chi connectivity index (χ1v) is 11.1. The van der Waals surface area contributed by atoms with Crippen molar-refractivity contribution < 1.29 is 14.8 Å². The molecule has 0 aliphatic carbocycles. The van der Waals surface area contributed by atoms with E-state index in [2.05, 4.69) is 15.5 Å². The van der Waals surface area contributed by atoms with E-state index < -0.39 is 5.91 Å². The van der Waals surface area contributed by atoms with Gasteiger partial charge in [0.15, 0.2) is 5.82 Å². The molecule has 0 radical (unpaired) electrons. The van der Waals surface area contributed by atoms with Crippen LogP contribution < -0.4 is 5.48 Å². The highest BCUT2D eigenvalue weighted by Gasteiger charge is 2.21. The Bertz CT molecular complexity index is 1300. The average molecular weight is 471 g/mol. The minimum Gasteiger partial charge on any atom is -0.327 e. The third kappa shape index (κ3) is 5.96. The number of tetrazole rings is 1. The van der Waals surface area contributed by atoms with Gasteiger partial charge in [0, 0.05) is 17.7 Å². The molecule has 9 heteroatoms. The summed E-state index contributed by atoms with van der Waals surface area (Å²) in [5.41, 5.74) is 6.39. The zero-order chi connectivity index (χ0) is 24.8. The normalized spacial score (nSPS) is 10.7. The van der Waals surface area contributed by atoms with Gasteiger partial charge >= 0.3 is 0 Å². The summed E-state index contributed by atoms with van der Waals surface area (Å²) in [6, 6.07) is 22.3. The van der Waals surface area contributed by atoms with E-state index in [9.17, 15) is 9.59 Å². The van der Waals surface area contributed by atoms with E-state index in [0.717, 1.165) is 22.3 Å². The number of carbonyl (C=O) groups excluding carboxylic acids is 2. The molecule has 0 unspecified atom stereocenters. The highest BCUT2D eigenvalue weighted by molar-refractivity contribution is 5.95. The van der Waals surface area contributed by atoms with Crippen LogP contribution in [0.5, 0.6) is 0 Å². The molecule has 9 nitrogen and oxygen atoms in total. The lowest BCUT2D eigenvalue weighted by Crippen LogP contribution is -2.31. The van der Waals surface area contributed by atoms with Gasteiger partial charge in [0.25, 0.3) is 11.8 Å². The van der Waals surface area contributed by atoms with Crippen LogP contribution in [0.3, 0.4) is 0 Å². The molecule has 0 saturated carbocycles. The summed E-state index contributed by atoms with van der Waals surface area (Å²) in [5, 5.41) is 21.0. The Kier molecular flexibility index (Phi) is 7.27. The Morgan fingerprint density at radius 2 is 1.57 bits per heavy atom. The second-order valence-electron chi connectivity index (χ2n) is 8.41. The molecule has 0 fully saturated rings. The molecule has 0 atom stereocenters. The Morgan fingerprint density at radius 3 is 2.23 bits per heavy atom. The molecule has 0 aliphatic heterocycles. The van der Waals surface area contributed by atoms with E-state index in [0.29, 0.717) is 23.5 Å². The van der Waals surface area contributed by atoms with Crippen LogP contribution in [0, 0.1) is 13.8 Å². The monoisotopic (exact) mass is 470 g/mol. The molecular formula is C26H26N6O3. The van der Waals surface area contributed by atoms with Crippen molar-refractivity contribution in [3.05, 3.63) is 112 Å². The number of hydroxylamine groups is 1. The number of nitrogens with zero attached hydrogens (tertiary/aromatic N) is 5. The summed E-state index contributed by atoms with van der Waals surface area (Å²) >= 11 is 0. The van der Waals surface area contributed by atoms with Crippen LogP contribution in [0.2, 0.25) is 0 Å². The number of rotatable bonds is 8. The third-order valence-corrected chi connectivity index (χ3v) is 5.56. The molecule has 35 heavy (non-hydrogen) atoms. The van der Waals surface area contributed by atoms with E-state index in [-0.39, 0.29) is 19.0 Å². The number of hydrogen-bond donors (Lipinski definition) is 2. The molecule has 0 saturated heterocycles. The average Bonchev–Trinajstić information content (AvgIpc) is 3.29. The number of amides is 2. The molecule has 0 spiro atoms. The Balaban J connectivity index is 1.62. The molecule has 178 valence electrons. The van der Waals surface area contributed by atoms with E-state index >= 15 is 0 Å². The molecular weight excluding hydrogens is 444 g/mol. The second kappa shape index (κ2) is 10.7. The first kappa shape index (κ1) is 23.8. The first-order chi connectivity index (χ1) is 16.9. The lowest BCUT2D eigenvalue weighted by molar-refractivity contribution is 0.0703. The van der Waals surface area contributed by atoms with Crippen LogP contribution >= 0.6 is 0 Å². The molecule has 2 N–H and O–H groups in total. The molecule has 1 heterocycles. The van der Waals surface area contributed by atoms with Crippen molar-refractivity contribution in [2.75, 3.05) is 0 Å². The van der Waals surface area contributed by atoms with E-state index in [4.69, 9.17) is 5.21 Å². The fraction of sp³-hybridized carbons (Fsp3) is 0.192. The van der Waals surface area contributed by atoms with Crippen molar-refractivity contribution in [3.63, 3.8) is 0 Å². The summed E-state index contributed by atoms with van der Waals surface area (Å²) in [7, 11) is 0. The predicted octanol–water partition coefficient (Wildman–Crippen LogP) is 3.30. The van der Waals surface area contributed by atoms with Crippen LogP contribution in [-0.2, 0) is 19.6 Å². The largest absolute Gasteiger partial charge is 0.327 e. The van der Waals surface area contributed by atoms with Gasteiger partial charge < -0.3 is 4.90 Å². The quantitative estimate of drug-likeness (QED) is 0.302. The van der Waals surface area contributed by atoms with Crippen LogP contribution in [0.15, 0.2) is 72.8 Å². The number of aryl methyl sites for hydroxylation is 2.